The lowest BCUT2D eigenvalue weighted by molar-refractivity contribution is -0.149. The average Bonchev–Trinajstić information content (AvgIpc) is 1.69. The van der Waals surface area contributed by atoms with E-state index in [9.17, 15) is 63.3 Å². The molecule has 3 aromatic heterocycles. The Balaban J connectivity index is 1.08. The molecule has 720 valence electrons. The highest BCUT2D eigenvalue weighted by Crippen LogP contribution is 2.30. The first kappa shape index (κ1) is 103. The molecule has 0 aliphatic carbocycles. The number of H-pyrrole nitrogens is 2. The Bertz CT molecular complexity index is 5190. The monoisotopic (exact) mass is 1880 g/mol. The number of primary amides is 2. The van der Waals surface area contributed by atoms with Crippen molar-refractivity contribution in [2.75, 3.05) is 65.4 Å². The van der Waals surface area contributed by atoms with Gasteiger partial charge in [0.15, 0.2) is 5.96 Å². The number of guanidine groups is 1. The van der Waals surface area contributed by atoms with Crippen LogP contribution >= 0.6 is 23.1 Å². The third kappa shape index (κ3) is 28.6. The van der Waals surface area contributed by atoms with E-state index in [1.807, 2.05) is 19.1 Å². The number of hydrogen-bond donors (Lipinski definition) is 20. The van der Waals surface area contributed by atoms with E-state index in [0.29, 0.717) is 51.5 Å². The molecule has 3 fully saturated rings. The van der Waals surface area contributed by atoms with Gasteiger partial charge in [-0.25, -0.2) is 4.98 Å². The number of amides is 17. The van der Waals surface area contributed by atoms with Crippen molar-refractivity contribution in [2.45, 2.75) is 215 Å². The second-order valence-electron chi connectivity index (χ2n) is 33.9. The minimum absolute atomic E-state index is 0.0126. The van der Waals surface area contributed by atoms with Gasteiger partial charge in [-0.05, 0) is 110 Å². The zero-order valence-electron chi connectivity index (χ0n) is 75.3. The number of nitrogens with two attached hydrogens (primary N) is 3. The van der Waals surface area contributed by atoms with Gasteiger partial charge in [-0.3, -0.25) is 86.9 Å². The highest BCUT2D eigenvalue weighted by atomic mass is 32.2. The number of aliphatic hydroxyl groups excluding tert-OH is 2. The Morgan fingerprint density at radius 3 is 1.81 bits per heavy atom. The van der Waals surface area contributed by atoms with Crippen molar-refractivity contribution in [1.29, 1.82) is 5.41 Å². The van der Waals surface area contributed by atoms with Gasteiger partial charge in [0.05, 0.1) is 37.8 Å². The number of carbonyl (C=O) groups is 17. The Morgan fingerprint density at radius 1 is 0.586 bits per heavy atom. The van der Waals surface area contributed by atoms with Crippen molar-refractivity contribution in [1.82, 2.24) is 97.9 Å². The van der Waals surface area contributed by atoms with Gasteiger partial charge in [-0.15, -0.1) is 23.1 Å². The lowest BCUT2D eigenvalue weighted by Gasteiger charge is -2.35. The van der Waals surface area contributed by atoms with E-state index in [0.717, 1.165) is 41.0 Å². The summed E-state index contributed by atoms with van der Waals surface area (Å²) < 4.78 is 0.807. The van der Waals surface area contributed by atoms with Crippen molar-refractivity contribution in [2.24, 2.45) is 23.1 Å². The number of phenolic OH excluding ortho intramolecular Hbond substituents is 1. The molecule has 23 N–H and O–H groups in total. The van der Waals surface area contributed by atoms with Crippen LogP contribution in [-0.4, -0.2) is 317 Å². The number of imidazole rings is 1. The van der Waals surface area contributed by atoms with Gasteiger partial charge >= 0.3 is 0 Å². The van der Waals surface area contributed by atoms with E-state index in [2.05, 4.69) is 73.4 Å². The molecule has 1 unspecified atom stereocenters. The molecule has 0 saturated carbocycles. The summed E-state index contributed by atoms with van der Waals surface area (Å²) in [5.41, 5.74) is 19.1. The van der Waals surface area contributed by atoms with Crippen LogP contribution in [0.4, 0.5) is 0 Å². The molecule has 17 amide bonds. The highest BCUT2D eigenvalue weighted by Gasteiger charge is 2.47. The summed E-state index contributed by atoms with van der Waals surface area (Å²) in [7, 11) is 3.82. The number of rotatable bonds is 23. The fourth-order valence-corrected chi connectivity index (χ4v) is 17.9. The third-order valence-electron chi connectivity index (χ3n) is 23.6. The van der Waals surface area contributed by atoms with E-state index < -0.39 is 241 Å². The van der Waals surface area contributed by atoms with Crippen molar-refractivity contribution >= 4 is 150 Å². The standard InChI is InChI=1S/C88H121N23O20S2/c1-9-10-21-68-87(131)108(7)48(5)74(118)99-58(20-15-28-94-88(91)92)77(121)106-66(76(120)96-39-72(90)116)43-132-44-73(117)98-62(31-49-24-26-53(113)27-25-49)83(127)107(6)47(4)75(119)102-64(36-71(89)115)85(129)110-29-16-22-67(110)81(125)101-60(34-52-38-93-45-97-52)79(123)103-61(30-46(2)3)86(130)111-40-54(114)35-69(111)82(126)100-59(32-50-37-95-57-19-13-11-17-55(50)57)78(122)105-65(41-112)80(124)104-63(84(128)109(68)8)33-51-42-133-70-23-14-12-18-56(51)70/h11-14,17-19,23-27,37-38,42,45-48,54,58-69,95,112-114H,9-10,15-16,20-22,28-36,39-41,43-44H2,1-8H3,(H2,89,115)(H2,90,116)(H,93,97)(H,96,120)(H,98,117)(H,99,118)(H,100,126)(H,101,125)(H,102,119)(H,103,123)(H,104,124)(H,105,122)(H,106,121)(H4,91,92,94)/t47-,48-,54+,58-,59-,60-,61-,62-,63-,64-,65-,66?,67-,68-,69-/m0/s1. The molecule has 3 aliphatic rings. The number of para-hydroxylation sites is 1. The number of likely N-dealkylation sites (N-methyl/N-ethyl adjacent to an activating group) is 3. The van der Waals surface area contributed by atoms with Crippen molar-refractivity contribution in [3.8, 4) is 5.75 Å². The molecule has 133 heavy (non-hydrogen) atoms. The SMILES string of the molecule is CCCC[C@H]1C(=O)N(C)[C@@H](C)C(=O)N[C@@H](CCCNC(=N)N)C(=O)NC(C(=O)NCC(N)=O)CSCC(=O)N[C@@H](Cc2ccc(O)cc2)C(=O)N(C)[C@@H](C)C(=O)N[C@@H](CC(N)=O)C(=O)N2CCC[C@H]2C(=O)N[C@@H](Cc2cnc[nH]2)C(=O)N[C@@H](CC(C)C)C(=O)N2C[C@H](O)C[C@H]2C(=O)N[C@@H](Cc2c[nH]c3ccccc23)C(=O)N[C@@H](CO)C(=O)N[C@@H](Cc2csc3ccccc23)C(=O)N1C. The van der Waals surface area contributed by atoms with Crippen molar-refractivity contribution < 1.29 is 96.8 Å². The van der Waals surface area contributed by atoms with Crippen molar-refractivity contribution in [3.63, 3.8) is 0 Å². The van der Waals surface area contributed by atoms with Gasteiger partial charge in [0.2, 0.25) is 100 Å². The Hall–Kier alpha value is -13.3. The lowest BCUT2D eigenvalue weighted by atomic mass is 10.0. The Kier molecular flexibility index (Phi) is 37.9. The van der Waals surface area contributed by atoms with E-state index in [4.69, 9.17) is 22.6 Å². The Labute approximate surface area is 775 Å². The maximum absolute atomic E-state index is 15.6. The van der Waals surface area contributed by atoms with Crippen LogP contribution in [0.5, 0.6) is 5.75 Å². The Morgan fingerprint density at radius 2 is 1.17 bits per heavy atom. The number of aromatic hydroxyl groups is 1. The largest absolute Gasteiger partial charge is 0.508 e. The summed E-state index contributed by atoms with van der Waals surface area (Å²) in [5.74, 6) is -18.2. The van der Waals surface area contributed by atoms with Gasteiger partial charge in [0.1, 0.15) is 90.3 Å². The number of hydrogen-bond acceptors (Lipinski definition) is 24. The first-order valence-electron chi connectivity index (χ1n) is 43.9. The van der Waals surface area contributed by atoms with E-state index in [1.165, 1.54) is 83.1 Å². The van der Waals surface area contributed by atoms with Crippen molar-refractivity contribution in [3.05, 3.63) is 119 Å². The molecule has 3 saturated heterocycles. The van der Waals surface area contributed by atoms with Crippen LogP contribution in [0.2, 0.25) is 0 Å². The first-order valence-corrected chi connectivity index (χ1v) is 46.0. The summed E-state index contributed by atoms with van der Waals surface area (Å²) in [6.45, 7) is 5.50. The predicted molar refractivity (Wildman–Crippen MR) is 489 cm³/mol. The number of thiophene rings is 1. The van der Waals surface area contributed by atoms with Crippen LogP contribution in [0.1, 0.15) is 121 Å². The number of carbonyl (C=O) groups excluding carboxylic acids is 17. The van der Waals surface area contributed by atoms with E-state index in [-0.39, 0.29) is 89.0 Å². The number of benzene rings is 3. The number of unbranched alkanes of at least 4 members (excludes halogenated alkanes) is 1. The molecule has 3 aliphatic heterocycles. The highest BCUT2D eigenvalue weighted by molar-refractivity contribution is 8.00. The van der Waals surface area contributed by atoms with Crippen LogP contribution < -0.4 is 75.7 Å². The first-order chi connectivity index (χ1) is 63.2. The van der Waals surface area contributed by atoms with Gasteiger partial charge in [-0.2, -0.15) is 0 Å². The topological polar surface area (TPSA) is 646 Å². The molecule has 15 atom stereocenters. The molecule has 9 rings (SSSR count). The fourth-order valence-electron chi connectivity index (χ4n) is 16.0. The van der Waals surface area contributed by atoms with Crippen LogP contribution in [-0.2, 0) is 107 Å². The molecule has 0 radical (unpaired) electrons. The fraction of sp³-hybridized carbons (Fsp3) is 0.511. The zero-order chi connectivity index (χ0) is 97.2. The number of phenols is 1. The number of aromatic nitrogens is 3. The molecular formula is C88H121N23O20S2. The minimum atomic E-state index is -1.88. The number of aromatic amines is 2. The predicted octanol–water partition coefficient (Wildman–Crippen LogP) is -3.37. The lowest BCUT2D eigenvalue weighted by Crippen LogP contribution is -2.61. The molecule has 6 heterocycles. The zero-order valence-corrected chi connectivity index (χ0v) is 77.0. The summed E-state index contributed by atoms with van der Waals surface area (Å²) in [6, 6.07) is -2.14. The summed E-state index contributed by atoms with van der Waals surface area (Å²) in [5, 5.41) is 72.6. The molecule has 6 aromatic rings. The van der Waals surface area contributed by atoms with Crippen LogP contribution in [0.3, 0.4) is 0 Å². The molecule has 45 heteroatoms. The summed E-state index contributed by atoms with van der Waals surface area (Å²) in [6.07, 6.45) is 1.28. The quantitative estimate of drug-likeness (QED) is 0.0169. The average molecular weight is 1890 g/mol. The van der Waals surface area contributed by atoms with Gasteiger partial charge < -0.3 is 125 Å². The molecule has 0 spiro atoms. The molecular weight excluding hydrogens is 1760 g/mol. The van der Waals surface area contributed by atoms with Crippen LogP contribution in [0.15, 0.2) is 96.9 Å². The number of thioether (sulfide) groups is 1. The number of nitrogens with one attached hydrogen (secondary N) is 14. The smallest absolute Gasteiger partial charge is 0.246 e. The maximum Gasteiger partial charge on any atom is 0.246 e. The molecule has 3 aromatic carbocycles. The maximum atomic E-state index is 15.6. The second kappa shape index (κ2) is 48.7. The minimum Gasteiger partial charge on any atom is -0.508 e. The van der Waals surface area contributed by atoms with Gasteiger partial charge in [0, 0.05) is 112 Å². The van der Waals surface area contributed by atoms with Gasteiger partial charge in [0.25, 0.3) is 0 Å². The number of nitrogens with zero attached hydrogens (tertiary/aromatic N) is 6. The second-order valence-corrected chi connectivity index (χ2v) is 35.8. The van der Waals surface area contributed by atoms with Crippen LogP contribution in [0.25, 0.3) is 21.0 Å². The normalized spacial score (nSPS) is 25.0. The number of aliphatic hydroxyl groups is 2. The number of fused-ring (bicyclic) bond motifs is 4. The molecule has 0 bridgehead atoms. The molecule has 43 nitrogen and oxygen atoms in total. The third-order valence-corrected chi connectivity index (χ3v) is 25.6. The van der Waals surface area contributed by atoms with E-state index >= 15 is 33.6 Å². The summed E-state index contributed by atoms with van der Waals surface area (Å²) in [4.78, 5) is 264. The summed E-state index contributed by atoms with van der Waals surface area (Å²) >= 11 is 2.09. The van der Waals surface area contributed by atoms with Gasteiger partial charge in [-0.1, -0.05) is 82.1 Å². The van der Waals surface area contributed by atoms with Crippen LogP contribution in [0, 0.1) is 11.3 Å². The van der Waals surface area contributed by atoms with E-state index in [1.54, 1.807) is 61.8 Å².